The first-order valence-electron chi connectivity index (χ1n) is 4.83. The lowest BCUT2D eigenvalue weighted by atomic mass is 10.2. The number of hydrogen-bond acceptors (Lipinski definition) is 4. The van der Waals surface area contributed by atoms with Crippen LogP contribution in [0.15, 0.2) is 22.6 Å². The molecule has 0 saturated carbocycles. The Kier molecular flexibility index (Phi) is 3.22. The van der Waals surface area contributed by atoms with Gasteiger partial charge in [-0.25, -0.2) is 19.0 Å². The van der Waals surface area contributed by atoms with E-state index >= 15 is 0 Å². The molecule has 0 saturated heterocycles. The van der Waals surface area contributed by atoms with Gasteiger partial charge in [0, 0.05) is 5.56 Å². The molecule has 2 aromatic rings. The largest absolute Gasteiger partial charge is 0.476 e. The van der Waals surface area contributed by atoms with Crippen LogP contribution < -0.4 is 0 Å². The number of hydrogen-bond donors (Lipinski definition) is 2. The van der Waals surface area contributed by atoms with E-state index in [1.54, 1.807) is 0 Å². The quantitative estimate of drug-likeness (QED) is 0.898. The van der Waals surface area contributed by atoms with E-state index in [9.17, 15) is 14.0 Å². The van der Waals surface area contributed by atoms with Gasteiger partial charge in [0.15, 0.2) is 0 Å². The Labute approximate surface area is 110 Å². The van der Waals surface area contributed by atoms with Gasteiger partial charge in [-0.15, -0.1) is 0 Å². The van der Waals surface area contributed by atoms with Crippen LogP contribution in [0.1, 0.15) is 21.0 Å². The van der Waals surface area contributed by atoms with Crippen molar-refractivity contribution >= 4 is 23.5 Å². The van der Waals surface area contributed by atoms with Crippen molar-refractivity contribution in [2.45, 2.75) is 0 Å². The Morgan fingerprint density at radius 3 is 2.42 bits per heavy atom. The number of aromatic carboxylic acids is 2. The number of carboxylic acids is 2. The van der Waals surface area contributed by atoms with Gasteiger partial charge in [-0.05, 0) is 18.2 Å². The summed E-state index contributed by atoms with van der Waals surface area (Å²) < 4.78 is 17.8. The highest BCUT2D eigenvalue weighted by molar-refractivity contribution is 6.31. The van der Waals surface area contributed by atoms with Crippen LogP contribution in [0.5, 0.6) is 0 Å². The van der Waals surface area contributed by atoms with Gasteiger partial charge in [-0.3, -0.25) is 0 Å². The minimum absolute atomic E-state index is 0.168. The zero-order chi connectivity index (χ0) is 14.2. The molecule has 1 heterocycles. The second-order valence-corrected chi connectivity index (χ2v) is 3.84. The Bertz CT molecular complexity index is 650. The van der Waals surface area contributed by atoms with Crippen molar-refractivity contribution in [1.82, 2.24) is 4.98 Å². The first-order chi connectivity index (χ1) is 8.90. The maximum atomic E-state index is 13.0. The van der Waals surface area contributed by atoms with E-state index in [1.165, 1.54) is 6.07 Å². The summed E-state index contributed by atoms with van der Waals surface area (Å²) in [5.41, 5.74) is -0.565. The molecule has 0 aliphatic rings. The van der Waals surface area contributed by atoms with Crippen molar-refractivity contribution in [3.05, 3.63) is 40.5 Å². The lowest BCUT2D eigenvalue weighted by Crippen LogP contribution is -2.05. The standard InChI is InChI=1S/C11H5ClFNO5/c12-5-3-4(1-2-6(5)13)9-14-7(10(15)16)8(19-9)11(17)18/h1-3H,(H,15,16)(H,17,18). The molecule has 0 unspecified atom stereocenters. The van der Waals surface area contributed by atoms with Gasteiger partial charge in [0.1, 0.15) is 5.82 Å². The maximum Gasteiger partial charge on any atom is 0.374 e. The predicted molar refractivity (Wildman–Crippen MR) is 60.8 cm³/mol. The van der Waals surface area contributed by atoms with Gasteiger partial charge in [-0.1, -0.05) is 11.6 Å². The van der Waals surface area contributed by atoms with Gasteiger partial charge < -0.3 is 14.6 Å². The van der Waals surface area contributed by atoms with Crippen LogP contribution in [-0.4, -0.2) is 27.1 Å². The van der Waals surface area contributed by atoms with E-state index in [4.69, 9.17) is 26.2 Å². The van der Waals surface area contributed by atoms with E-state index in [0.29, 0.717) is 0 Å². The summed E-state index contributed by atoms with van der Waals surface area (Å²) in [6, 6.07) is 3.42. The van der Waals surface area contributed by atoms with Crippen LogP contribution in [0.3, 0.4) is 0 Å². The fourth-order valence-electron chi connectivity index (χ4n) is 1.36. The molecule has 2 rings (SSSR count). The number of carboxylic acid groups (broad SMARTS) is 2. The van der Waals surface area contributed by atoms with Gasteiger partial charge in [0.05, 0.1) is 5.02 Å². The van der Waals surface area contributed by atoms with Crippen LogP contribution in [0, 0.1) is 5.82 Å². The summed E-state index contributed by atoms with van der Waals surface area (Å²) >= 11 is 5.56. The number of halogens is 2. The Balaban J connectivity index is 2.57. The number of aromatic nitrogens is 1. The maximum absolute atomic E-state index is 13.0. The number of rotatable bonds is 3. The molecule has 19 heavy (non-hydrogen) atoms. The molecule has 6 nitrogen and oxygen atoms in total. The molecule has 1 aromatic carbocycles. The van der Waals surface area contributed by atoms with Crippen molar-refractivity contribution in [2.24, 2.45) is 0 Å². The Hall–Kier alpha value is -2.41. The van der Waals surface area contributed by atoms with Crippen molar-refractivity contribution in [3.63, 3.8) is 0 Å². The summed E-state index contributed by atoms with van der Waals surface area (Å²) in [4.78, 5) is 25.2. The molecule has 1 aromatic heterocycles. The highest BCUT2D eigenvalue weighted by Gasteiger charge is 2.25. The monoisotopic (exact) mass is 285 g/mol. The molecule has 98 valence electrons. The normalized spacial score (nSPS) is 10.4. The van der Waals surface area contributed by atoms with E-state index in [1.807, 2.05) is 0 Å². The van der Waals surface area contributed by atoms with Crippen molar-refractivity contribution in [1.29, 1.82) is 0 Å². The SMILES string of the molecule is O=C(O)c1nc(-c2ccc(F)c(Cl)c2)oc1C(=O)O. The average molecular weight is 286 g/mol. The smallest absolute Gasteiger partial charge is 0.374 e. The molecule has 0 aliphatic heterocycles. The zero-order valence-corrected chi connectivity index (χ0v) is 9.81. The lowest BCUT2D eigenvalue weighted by Gasteiger charge is -1.97. The average Bonchev–Trinajstić information content (AvgIpc) is 2.78. The fraction of sp³-hybridized carbons (Fsp3) is 0. The third-order valence-corrected chi connectivity index (χ3v) is 2.48. The molecule has 0 aliphatic carbocycles. The van der Waals surface area contributed by atoms with Gasteiger partial charge in [0.25, 0.3) is 0 Å². The number of benzene rings is 1. The molecule has 0 fully saturated rings. The second kappa shape index (κ2) is 4.69. The number of nitrogens with zero attached hydrogens (tertiary/aromatic N) is 1. The molecule has 8 heteroatoms. The van der Waals surface area contributed by atoms with Crippen LogP contribution in [0.4, 0.5) is 4.39 Å². The lowest BCUT2D eigenvalue weighted by molar-refractivity contribution is 0.0624. The third kappa shape index (κ3) is 2.41. The molecule has 0 atom stereocenters. The van der Waals surface area contributed by atoms with Gasteiger partial charge >= 0.3 is 11.9 Å². The molecule has 0 spiro atoms. The zero-order valence-electron chi connectivity index (χ0n) is 9.05. The van der Waals surface area contributed by atoms with E-state index in [0.717, 1.165) is 12.1 Å². The highest BCUT2D eigenvalue weighted by Crippen LogP contribution is 2.26. The summed E-state index contributed by atoms with van der Waals surface area (Å²) in [5.74, 6) is -4.85. The van der Waals surface area contributed by atoms with E-state index in [-0.39, 0.29) is 16.5 Å². The van der Waals surface area contributed by atoms with Crippen LogP contribution in [0.25, 0.3) is 11.5 Å². The molecular weight excluding hydrogens is 281 g/mol. The van der Waals surface area contributed by atoms with Crippen molar-refractivity contribution < 1.29 is 28.6 Å². The Morgan fingerprint density at radius 1 is 1.26 bits per heavy atom. The minimum Gasteiger partial charge on any atom is -0.476 e. The number of oxazole rings is 1. The molecule has 0 amide bonds. The van der Waals surface area contributed by atoms with Gasteiger partial charge in [-0.2, -0.15) is 0 Å². The summed E-state index contributed by atoms with van der Waals surface area (Å²) in [6.45, 7) is 0. The molecule has 2 N–H and O–H groups in total. The van der Waals surface area contributed by atoms with E-state index < -0.39 is 29.2 Å². The Morgan fingerprint density at radius 2 is 1.95 bits per heavy atom. The van der Waals surface area contributed by atoms with Crippen molar-refractivity contribution in [2.75, 3.05) is 0 Å². The number of carbonyl (C=O) groups is 2. The van der Waals surface area contributed by atoms with Crippen LogP contribution in [0.2, 0.25) is 5.02 Å². The van der Waals surface area contributed by atoms with Crippen LogP contribution >= 0.6 is 11.6 Å². The summed E-state index contributed by atoms with van der Waals surface area (Å²) in [7, 11) is 0. The second-order valence-electron chi connectivity index (χ2n) is 3.44. The van der Waals surface area contributed by atoms with Crippen molar-refractivity contribution in [3.8, 4) is 11.5 Å². The highest BCUT2D eigenvalue weighted by atomic mass is 35.5. The van der Waals surface area contributed by atoms with Crippen LogP contribution in [-0.2, 0) is 0 Å². The topological polar surface area (TPSA) is 101 Å². The molecular formula is C11H5ClFNO5. The fourth-order valence-corrected chi connectivity index (χ4v) is 1.54. The predicted octanol–water partition coefficient (Wildman–Crippen LogP) is 2.53. The van der Waals surface area contributed by atoms with E-state index in [2.05, 4.69) is 4.98 Å². The first kappa shape index (κ1) is 13.0. The van der Waals surface area contributed by atoms with Gasteiger partial charge in [0.2, 0.25) is 17.3 Å². The molecule has 0 radical (unpaired) electrons. The minimum atomic E-state index is -1.57. The summed E-state index contributed by atoms with van der Waals surface area (Å²) in [6.07, 6.45) is 0. The first-order valence-corrected chi connectivity index (χ1v) is 5.20. The third-order valence-electron chi connectivity index (χ3n) is 2.19. The summed E-state index contributed by atoms with van der Waals surface area (Å²) in [5, 5.41) is 17.4. The molecule has 0 bridgehead atoms.